The molecule has 0 aliphatic carbocycles. The fourth-order valence-corrected chi connectivity index (χ4v) is 3.48. The van der Waals surface area contributed by atoms with Gasteiger partial charge in [0.05, 0.1) is 0 Å². The molecule has 0 fully saturated rings. The number of alkyl halides is 1. The van der Waals surface area contributed by atoms with Gasteiger partial charge in [0.15, 0.2) is 0 Å². The van der Waals surface area contributed by atoms with Gasteiger partial charge in [0.25, 0.3) is 0 Å². The van der Waals surface area contributed by atoms with Gasteiger partial charge in [-0.25, -0.2) is 4.79 Å². The second-order valence-corrected chi connectivity index (χ2v) is 7.26. The lowest BCUT2D eigenvalue weighted by atomic mass is 10.2. The highest BCUT2D eigenvalue weighted by molar-refractivity contribution is 9.09. The Morgan fingerprint density at radius 1 is 1.33 bits per heavy atom. The Labute approximate surface area is 108 Å². The summed E-state index contributed by atoms with van der Waals surface area (Å²) in [6, 6.07) is 0. The van der Waals surface area contributed by atoms with Gasteiger partial charge in [-0.2, -0.15) is 0 Å². The van der Waals surface area contributed by atoms with Gasteiger partial charge in [-0.05, 0) is 20.8 Å². The van der Waals surface area contributed by atoms with Gasteiger partial charge >= 0.3 is 6.09 Å². The molecule has 0 heterocycles. The molecule has 3 nitrogen and oxygen atoms in total. The summed E-state index contributed by atoms with van der Waals surface area (Å²) in [5.41, 5.74) is -0.415. The molecular formula is C9H18BrNO2S2. The van der Waals surface area contributed by atoms with Crippen LogP contribution in [-0.4, -0.2) is 35.1 Å². The number of alkyl carbamates (subject to hydrolysis) is 1. The van der Waals surface area contributed by atoms with Crippen molar-refractivity contribution >= 4 is 43.6 Å². The first-order chi connectivity index (χ1) is 6.95. The molecule has 0 aromatic carbocycles. The molecule has 0 aromatic rings. The van der Waals surface area contributed by atoms with Crippen LogP contribution in [0.4, 0.5) is 4.79 Å². The van der Waals surface area contributed by atoms with Crippen molar-refractivity contribution in [3.05, 3.63) is 0 Å². The third kappa shape index (κ3) is 12.4. The summed E-state index contributed by atoms with van der Waals surface area (Å²) in [6.45, 7) is 6.21. The average Bonchev–Trinajstić information content (AvgIpc) is 2.08. The molecule has 0 saturated heterocycles. The Bertz CT molecular complexity index is 185. The van der Waals surface area contributed by atoms with E-state index in [0.717, 1.165) is 16.8 Å². The number of carbonyl (C=O) groups excluding carboxylic acids is 1. The third-order valence-electron chi connectivity index (χ3n) is 1.10. The first-order valence-electron chi connectivity index (χ1n) is 4.73. The lowest BCUT2D eigenvalue weighted by Gasteiger charge is -2.19. The van der Waals surface area contributed by atoms with Crippen molar-refractivity contribution in [2.45, 2.75) is 26.4 Å². The third-order valence-corrected chi connectivity index (χ3v) is 4.43. The Hall–Kier alpha value is 0.450. The molecule has 1 amide bonds. The summed E-state index contributed by atoms with van der Waals surface area (Å²) in [6.07, 6.45) is -0.339. The summed E-state index contributed by atoms with van der Waals surface area (Å²) in [4.78, 5) is 11.2. The number of nitrogens with one attached hydrogen (secondary N) is 1. The van der Waals surface area contributed by atoms with E-state index in [-0.39, 0.29) is 6.09 Å². The van der Waals surface area contributed by atoms with E-state index < -0.39 is 5.60 Å². The fraction of sp³-hybridized carbons (Fsp3) is 0.889. The van der Waals surface area contributed by atoms with Crippen LogP contribution < -0.4 is 5.32 Å². The highest BCUT2D eigenvalue weighted by Crippen LogP contribution is 2.20. The minimum Gasteiger partial charge on any atom is -0.444 e. The largest absolute Gasteiger partial charge is 0.444 e. The van der Waals surface area contributed by atoms with Crippen molar-refractivity contribution < 1.29 is 9.53 Å². The van der Waals surface area contributed by atoms with Crippen molar-refractivity contribution in [3.8, 4) is 0 Å². The first-order valence-corrected chi connectivity index (χ1v) is 8.34. The molecule has 0 atom stereocenters. The summed E-state index contributed by atoms with van der Waals surface area (Å²) >= 11 is 3.35. The molecule has 1 N–H and O–H groups in total. The van der Waals surface area contributed by atoms with E-state index in [9.17, 15) is 4.79 Å². The van der Waals surface area contributed by atoms with Crippen molar-refractivity contribution in [3.63, 3.8) is 0 Å². The number of hydrogen-bond acceptors (Lipinski definition) is 4. The van der Waals surface area contributed by atoms with E-state index >= 15 is 0 Å². The second-order valence-electron chi connectivity index (χ2n) is 3.76. The molecule has 90 valence electrons. The van der Waals surface area contributed by atoms with E-state index in [1.54, 1.807) is 21.6 Å². The van der Waals surface area contributed by atoms with E-state index in [0.29, 0.717) is 6.54 Å². The highest BCUT2D eigenvalue weighted by Gasteiger charge is 2.15. The Morgan fingerprint density at radius 2 is 1.93 bits per heavy atom. The van der Waals surface area contributed by atoms with Crippen LogP contribution in [0.3, 0.4) is 0 Å². The minimum atomic E-state index is -0.415. The molecule has 0 aromatic heterocycles. The van der Waals surface area contributed by atoms with Crippen LogP contribution in [0.25, 0.3) is 0 Å². The predicted octanol–water partition coefficient (Wildman–Crippen LogP) is 3.29. The van der Waals surface area contributed by atoms with E-state index in [2.05, 4.69) is 21.2 Å². The quantitative estimate of drug-likeness (QED) is 0.464. The minimum absolute atomic E-state index is 0.339. The van der Waals surface area contributed by atoms with Crippen molar-refractivity contribution in [1.82, 2.24) is 5.32 Å². The number of hydrogen-bond donors (Lipinski definition) is 1. The van der Waals surface area contributed by atoms with Gasteiger partial charge in [0.2, 0.25) is 0 Å². The van der Waals surface area contributed by atoms with Crippen molar-refractivity contribution in [2.24, 2.45) is 0 Å². The average molecular weight is 316 g/mol. The first kappa shape index (κ1) is 15.4. The molecule has 0 unspecified atom stereocenters. The maximum atomic E-state index is 11.2. The standard InChI is InChI=1S/C9H18BrNO2S2/c1-9(2,3)13-8(12)11-5-7-15-14-6-4-10/h4-7H2,1-3H3,(H,11,12). The Morgan fingerprint density at radius 3 is 2.47 bits per heavy atom. The monoisotopic (exact) mass is 315 g/mol. The van der Waals surface area contributed by atoms with Crippen LogP contribution in [0.5, 0.6) is 0 Å². The zero-order chi connectivity index (χ0) is 11.7. The maximum Gasteiger partial charge on any atom is 0.407 e. The summed E-state index contributed by atoms with van der Waals surface area (Å²) in [5.74, 6) is 1.98. The van der Waals surface area contributed by atoms with E-state index in [1.807, 2.05) is 20.8 Å². The normalized spacial score (nSPS) is 11.2. The van der Waals surface area contributed by atoms with Crippen LogP contribution in [0.2, 0.25) is 0 Å². The summed E-state index contributed by atoms with van der Waals surface area (Å²) < 4.78 is 5.09. The molecule has 0 rings (SSSR count). The molecule has 0 aliphatic heterocycles. The zero-order valence-corrected chi connectivity index (χ0v) is 12.6. The number of ether oxygens (including phenoxy) is 1. The predicted molar refractivity (Wildman–Crippen MR) is 72.9 cm³/mol. The van der Waals surface area contributed by atoms with E-state index in [1.165, 1.54) is 0 Å². The fourth-order valence-electron chi connectivity index (χ4n) is 0.658. The van der Waals surface area contributed by atoms with Crippen LogP contribution in [-0.2, 0) is 4.74 Å². The van der Waals surface area contributed by atoms with Gasteiger partial charge in [-0.15, -0.1) is 0 Å². The second kappa shape index (κ2) is 8.58. The van der Waals surface area contributed by atoms with Gasteiger partial charge in [-0.3, -0.25) is 0 Å². The van der Waals surface area contributed by atoms with Crippen molar-refractivity contribution in [1.29, 1.82) is 0 Å². The zero-order valence-electron chi connectivity index (χ0n) is 9.34. The van der Waals surface area contributed by atoms with Crippen LogP contribution in [0, 0.1) is 0 Å². The van der Waals surface area contributed by atoms with Crippen LogP contribution >= 0.6 is 37.5 Å². The number of halogens is 1. The molecular weight excluding hydrogens is 298 g/mol. The van der Waals surface area contributed by atoms with Crippen LogP contribution in [0.1, 0.15) is 20.8 Å². The Kier molecular flexibility index (Phi) is 8.84. The SMILES string of the molecule is CC(C)(C)OC(=O)NCCSSCCBr. The maximum absolute atomic E-state index is 11.2. The molecule has 0 bridgehead atoms. The van der Waals surface area contributed by atoms with E-state index in [4.69, 9.17) is 4.74 Å². The highest BCUT2D eigenvalue weighted by atomic mass is 79.9. The van der Waals surface area contributed by atoms with Gasteiger partial charge < -0.3 is 10.1 Å². The Balaban J connectivity index is 3.32. The topological polar surface area (TPSA) is 38.3 Å². The number of carbonyl (C=O) groups is 1. The van der Waals surface area contributed by atoms with Gasteiger partial charge in [0.1, 0.15) is 5.60 Å². The molecule has 0 radical (unpaired) electrons. The lowest BCUT2D eigenvalue weighted by molar-refractivity contribution is 0.0531. The van der Waals surface area contributed by atoms with Crippen molar-refractivity contribution in [2.75, 3.05) is 23.4 Å². The molecule has 0 saturated carbocycles. The van der Waals surface area contributed by atoms with Gasteiger partial charge in [0, 0.05) is 23.4 Å². The molecule has 0 spiro atoms. The smallest absolute Gasteiger partial charge is 0.407 e. The summed E-state index contributed by atoms with van der Waals surface area (Å²) in [7, 11) is 3.55. The number of amides is 1. The van der Waals surface area contributed by atoms with Crippen LogP contribution in [0.15, 0.2) is 0 Å². The lowest BCUT2D eigenvalue weighted by Crippen LogP contribution is -2.33. The molecule has 6 heteroatoms. The molecule has 0 aliphatic rings. The molecule has 15 heavy (non-hydrogen) atoms. The van der Waals surface area contributed by atoms with Gasteiger partial charge in [-0.1, -0.05) is 37.5 Å². The number of rotatable bonds is 6. The summed E-state index contributed by atoms with van der Waals surface area (Å²) in [5, 5.41) is 3.71.